The van der Waals surface area contributed by atoms with Gasteiger partial charge in [-0.3, -0.25) is 4.18 Å². The van der Waals surface area contributed by atoms with E-state index >= 15 is 0 Å². The van der Waals surface area contributed by atoms with Crippen LogP contribution < -0.4 is 0 Å². The average Bonchev–Trinajstić information content (AvgIpc) is 2.15. The van der Waals surface area contributed by atoms with Gasteiger partial charge in [0.25, 0.3) is 6.17 Å². The molecule has 1 unspecified atom stereocenters. The fraction of sp³-hybridized carbons (Fsp3) is 1.00. The third-order valence-corrected chi connectivity index (χ3v) is 3.00. The minimum Gasteiger partial charge on any atom is -0.265 e. The van der Waals surface area contributed by atoms with Crippen LogP contribution in [-0.2, 0) is 14.3 Å². The summed E-state index contributed by atoms with van der Waals surface area (Å²) in [6, 6.07) is 0. The summed E-state index contributed by atoms with van der Waals surface area (Å²) < 4.78 is 97.9. The van der Waals surface area contributed by atoms with E-state index in [9.17, 15) is 34.8 Å². The second-order valence-corrected chi connectivity index (χ2v) is 4.78. The normalized spacial score (nSPS) is 15.9. The summed E-state index contributed by atoms with van der Waals surface area (Å²) in [6.07, 6.45) is -10.4. The van der Waals surface area contributed by atoms with Crippen LogP contribution in [0.1, 0.15) is 19.8 Å². The van der Waals surface area contributed by atoms with Crippen LogP contribution >= 0.6 is 0 Å². The summed E-state index contributed by atoms with van der Waals surface area (Å²) in [6.45, 7) is 0.848. The van der Waals surface area contributed by atoms with Gasteiger partial charge in [-0.2, -0.15) is 30.4 Å². The molecular weight excluding hydrogens is 278 g/mol. The Hall–Kier alpha value is -0.510. The zero-order valence-electron chi connectivity index (χ0n) is 8.60. The highest BCUT2D eigenvalue weighted by molar-refractivity contribution is 7.87. The smallest absolute Gasteiger partial charge is 0.265 e. The molecule has 0 aromatic heterocycles. The van der Waals surface area contributed by atoms with Crippen LogP contribution in [0.4, 0.5) is 26.3 Å². The van der Waals surface area contributed by atoms with Crippen molar-refractivity contribution in [2.75, 3.05) is 6.61 Å². The fourth-order valence-electron chi connectivity index (χ4n) is 0.709. The first-order valence-corrected chi connectivity index (χ1v) is 5.85. The van der Waals surface area contributed by atoms with Crippen molar-refractivity contribution >= 4 is 10.1 Å². The van der Waals surface area contributed by atoms with Crippen molar-refractivity contribution in [3.63, 3.8) is 0 Å². The van der Waals surface area contributed by atoms with E-state index in [-0.39, 0.29) is 6.42 Å². The molecule has 0 aliphatic rings. The Morgan fingerprint density at radius 1 is 1.18 bits per heavy atom. The molecule has 3 nitrogen and oxygen atoms in total. The molecule has 0 radical (unpaired) electrons. The number of halogens is 6. The van der Waals surface area contributed by atoms with Crippen molar-refractivity contribution < 1.29 is 38.9 Å². The van der Waals surface area contributed by atoms with E-state index in [2.05, 4.69) is 4.18 Å². The van der Waals surface area contributed by atoms with E-state index in [4.69, 9.17) is 0 Å². The first kappa shape index (κ1) is 16.5. The topological polar surface area (TPSA) is 43.4 Å². The third-order valence-electron chi connectivity index (χ3n) is 1.65. The minimum atomic E-state index is -5.98. The van der Waals surface area contributed by atoms with Crippen LogP contribution in [-0.4, -0.2) is 32.6 Å². The Bertz CT molecular complexity index is 336. The van der Waals surface area contributed by atoms with Gasteiger partial charge < -0.3 is 0 Å². The van der Waals surface area contributed by atoms with Crippen molar-refractivity contribution in [1.82, 2.24) is 0 Å². The molecule has 0 aromatic carbocycles. The van der Waals surface area contributed by atoms with Crippen molar-refractivity contribution in [3.05, 3.63) is 0 Å². The lowest BCUT2D eigenvalue weighted by atomic mass is 10.4. The number of hydrogen-bond acceptors (Lipinski definition) is 3. The first-order valence-electron chi connectivity index (χ1n) is 4.44. The lowest BCUT2D eigenvalue weighted by Gasteiger charge is -2.21. The zero-order chi connectivity index (χ0) is 13.9. The fourth-order valence-corrected chi connectivity index (χ4v) is 1.59. The molecule has 0 saturated carbocycles. The van der Waals surface area contributed by atoms with Crippen molar-refractivity contribution in [3.8, 4) is 0 Å². The Labute approximate surface area is 93.9 Å². The highest BCUT2D eigenvalue weighted by atomic mass is 32.2. The summed E-state index contributed by atoms with van der Waals surface area (Å²) in [5.74, 6) is 0. The van der Waals surface area contributed by atoms with Gasteiger partial charge >= 0.3 is 21.5 Å². The first-order chi connectivity index (χ1) is 7.47. The van der Waals surface area contributed by atoms with Gasteiger partial charge in [0.15, 0.2) is 0 Å². The average molecular weight is 288 g/mol. The molecule has 0 aliphatic carbocycles. The maximum Gasteiger partial charge on any atom is 0.426 e. The Kier molecular flexibility index (Phi) is 5.26. The SMILES string of the molecule is CCCCOS(=O)(=O)C(F)(F)C(F)C(F)(F)F. The number of hydrogen-bond donors (Lipinski definition) is 0. The van der Waals surface area contributed by atoms with Gasteiger partial charge in [0.05, 0.1) is 6.61 Å². The second kappa shape index (κ2) is 5.42. The Morgan fingerprint density at radius 2 is 1.65 bits per heavy atom. The molecular formula is C7H10F6O3S. The molecule has 0 aromatic rings. The number of rotatable bonds is 6. The van der Waals surface area contributed by atoms with Gasteiger partial charge in [-0.15, -0.1) is 0 Å². The van der Waals surface area contributed by atoms with Gasteiger partial charge in [-0.05, 0) is 6.42 Å². The van der Waals surface area contributed by atoms with Crippen LogP contribution in [0.5, 0.6) is 0 Å². The molecule has 0 rings (SSSR count). The molecule has 1 atom stereocenters. The molecule has 0 fully saturated rings. The Morgan fingerprint density at radius 3 is 2.00 bits per heavy atom. The molecule has 0 amide bonds. The third kappa shape index (κ3) is 4.02. The lowest BCUT2D eigenvalue weighted by molar-refractivity contribution is -0.223. The molecule has 0 N–H and O–H groups in total. The van der Waals surface area contributed by atoms with Crippen LogP contribution in [0, 0.1) is 0 Å². The largest absolute Gasteiger partial charge is 0.426 e. The molecule has 17 heavy (non-hydrogen) atoms. The quantitative estimate of drug-likeness (QED) is 0.429. The summed E-state index contributed by atoms with van der Waals surface area (Å²) >= 11 is 0. The van der Waals surface area contributed by atoms with Crippen LogP contribution in [0.3, 0.4) is 0 Å². The predicted molar refractivity (Wildman–Crippen MR) is 45.7 cm³/mol. The molecule has 10 heteroatoms. The second-order valence-electron chi connectivity index (χ2n) is 3.10. The number of alkyl halides is 6. The summed E-state index contributed by atoms with van der Waals surface area (Å²) in [4.78, 5) is 0. The van der Waals surface area contributed by atoms with Gasteiger partial charge in [0, 0.05) is 0 Å². The highest BCUT2D eigenvalue weighted by Crippen LogP contribution is 2.39. The molecule has 0 saturated heterocycles. The van der Waals surface area contributed by atoms with E-state index in [1.165, 1.54) is 0 Å². The van der Waals surface area contributed by atoms with Crippen LogP contribution in [0.15, 0.2) is 0 Å². The van der Waals surface area contributed by atoms with Gasteiger partial charge in [0.1, 0.15) is 0 Å². The van der Waals surface area contributed by atoms with Crippen molar-refractivity contribution in [2.45, 2.75) is 37.4 Å². The predicted octanol–water partition coefficient (Wildman–Crippen LogP) is 2.63. The van der Waals surface area contributed by atoms with E-state index < -0.39 is 34.3 Å². The van der Waals surface area contributed by atoms with E-state index in [0.717, 1.165) is 0 Å². The summed E-state index contributed by atoms with van der Waals surface area (Å²) in [5, 5.41) is -5.65. The van der Waals surface area contributed by atoms with E-state index in [1.807, 2.05) is 0 Å². The summed E-state index contributed by atoms with van der Waals surface area (Å²) in [5.41, 5.74) is 0. The maximum absolute atomic E-state index is 12.7. The lowest BCUT2D eigenvalue weighted by Crippen LogP contribution is -2.47. The Balaban J connectivity index is 4.91. The monoisotopic (exact) mass is 288 g/mol. The van der Waals surface area contributed by atoms with Gasteiger partial charge in [-0.25, -0.2) is 4.39 Å². The number of unbranched alkanes of at least 4 members (excludes halogenated alkanes) is 1. The zero-order valence-corrected chi connectivity index (χ0v) is 9.42. The van der Waals surface area contributed by atoms with E-state index in [1.54, 1.807) is 6.92 Å². The van der Waals surface area contributed by atoms with Gasteiger partial charge in [0.2, 0.25) is 0 Å². The maximum atomic E-state index is 12.7. The van der Waals surface area contributed by atoms with Crippen molar-refractivity contribution in [2.24, 2.45) is 0 Å². The van der Waals surface area contributed by atoms with E-state index in [0.29, 0.717) is 6.42 Å². The molecule has 0 spiro atoms. The van der Waals surface area contributed by atoms with Gasteiger partial charge in [-0.1, -0.05) is 13.3 Å². The van der Waals surface area contributed by atoms with Crippen LogP contribution in [0.2, 0.25) is 0 Å². The molecule has 0 aliphatic heterocycles. The highest BCUT2D eigenvalue weighted by Gasteiger charge is 2.65. The summed E-state index contributed by atoms with van der Waals surface area (Å²) in [7, 11) is -5.94. The standard InChI is InChI=1S/C7H10F6O3S/c1-2-3-4-16-17(14,15)7(12,13)5(8)6(9,10)11/h5H,2-4H2,1H3. The molecule has 0 heterocycles. The molecule has 0 bridgehead atoms. The van der Waals surface area contributed by atoms with Crippen LogP contribution in [0.25, 0.3) is 0 Å². The minimum absolute atomic E-state index is 0.0400. The molecule has 104 valence electrons. The van der Waals surface area contributed by atoms with Crippen molar-refractivity contribution in [1.29, 1.82) is 0 Å².